The van der Waals surface area contributed by atoms with E-state index in [2.05, 4.69) is 0 Å². The first-order chi connectivity index (χ1) is 10.6. The van der Waals surface area contributed by atoms with Crippen molar-refractivity contribution in [1.82, 2.24) is 0 Å². The Balaban J connectivity index is 2.18. The zero-order valence-electron chi connectivity index (χ0n) is 11.5. The summed E-state index contributed by atoms with van der Waals surface area (Å²) in [6.45, 7) is 0. The van der Waals surface area contributed by atoms with Crippen molar-refractivity contribution >= 4 is 31.6 Å². The van der Waals surface area contributed by atoms with E-state index < -0.39 is 21.8 Å². The normalized spacial score (nSPS) is 10.9. The van der Waals surface area contributed by atoms with Gasteiger partial charge in [0.2, 0.25) is 0 Å². The maximum atomic E-state index is 13.6. The average molecular weight is 494 g/mol. The molecule has 0 fully saturated rings. The molecule has 0 saturated carbocycles. The van der Waals surface area contributed by atoms with E-state index in [4.69, 9.17) is 0 Å². The molecule has 0 amide bonds. The van der Waals surface area contributed by atoms with Gasteiger partial charge in [0, 0.05) is 0 Å². The molecule has 0 saturated heterocycles. The molecule has 0 heterocycles. The Morgan fingerprint density at radius 3 is 1.09 bits per heavy atom. The fourth-order valence-corrected chi connectivity index (χ4v) is 11.5. The molecular formula is C18H12BiF3. The summed E-state index contributed by atoms with van der Waals surface area (Å²) >= 11 is -2.90. The van der Waals surface area contributed by atoms with Crippen LogP contribution in [-0.4, -0.2) is 21.8 Å². The van der Waals surface area contributed by atoms with Crippen LogP contribution in [0.2, 0.25) is 0 Å². The van der Waals surface area contributed by atoms with Crippen LogP contribution in [0.15, 0.2) is 72.8 Å². The monoisotopic (exact) mass is 494 g/mol. The van der Waals surface area contributed by atoms with Gasteiger partial charge in [-0.2, -0.15) is 0 Å². The van der Waals surface area contributed by atoms with Crippen molar-refractivity contribution in [3.8, 4) is 0 Å². The van der Waals surface area contributed by atoms with Crippen LogP contribution in [0.1, 0.15) is 0 Å². The summed E-state index contributed by atoms with van der Waals surface area (Å²) in [7, 11) is 0. The molecule has 0 nitrogen and oxygen atoms in total. The number of halogens is 3. The van der Waals surface area contributed by atoms with Gasteiger partial charge in [0.15, 0.2) is 0 Å². The van der Waals surface area contributed by atoms with Crippen molar-refractivity contribution in [2.75, 3.05) is 0 Å². The molecule has 0 N–H and O–H groups in total. The molecule has 3 rings (SSSR count). The summed E-state index contributed by atoms with van der Waals surface area (Å²) < 4.78 is 43.4. The Morgan fingerprint density at radius 2 is 0.818 bits per heavy atom. The summed E-state index contributed by atoms with van der Waals surface area (Å²) in [5.41, 5.74) is 0. The zero-order chi connectivity index (χ0) is 15.5. The summed E-state index contributed by atoms with van der Waals surface area (Å²) in [4.78, 5) is 0. The third kappa shape index (κ3) is 3.39. The summed E-state index contributed by atoms with van der Waals surface area (Å²) in [5, 5.41) is 0. The molecule has 4 heteroatoms. The van der Waals surface area contributed by atoms with Crippen molar-refractivity contribution in [2.24, 2.45) is 0 Å². The average Bonchev–Trinajstić information content (AvgIpc) is 2.48. The first kappa shape index (κ1) is 15.2. The number of benzene rings is 3. The molecule has 0 spiro atoms. The summed E-state index contributed by atoms with van der Waals surface area (Å²) in [6.07, 6.45) is 0. The van der Waals surface area contributed by atoms with Gasteiger partial charge in [-0.1, -0.05) is 0 Å². The van der Waals surface area contributed by atoms with Gasteiger partial charge in [0.05, 0.1) is 0 Å². The van der Waals surface area contributed by atoms with E-state index in [-0.39, 0.29) is 17.5 Å². The topological polar surface area (TPSA) is 0 Å². The second-order valence-corrected chi connectivity index (χ2v) is 13.4. The van der Waals surface area contributed by atoms with Gasteiger partial charge < -0.3 is 0 Å². The Labute approximate surface area is 134 Å². The third-order valence-corrected chi connectivity index (χ3v) is 12.5. The van der Waals surface area contributed by atoms with E-state index in [9.17, 15) is 13.2 Å². The first-order valence-electron chi connectivity index (χ1n) is 6.70. The molecular weight excluding hydrogens is 482 g/mol. The Bertz CT molecular complexity index is 693. The molecule has 3 aromatic carbocycles. The standard InChI is InChI=1S/3C6H4F.Bi/c3*7-6-4-2-1-3-5-6;/h3*1-2,4-5H;. The van der Waals surface area contributed by atoms with Crippen molar-refractivity contribution < 1.29 is 13.2 Å². The maximum absolute atomic E-state index is 13.6. The van der Waals surface area contributed by atoms with Crippen LogP contribution >= 0.6 is 0 Å². The molecule has 22 heavy (non-hydrogen) atoms. The summed E-state index contributed by atoms with van der Waals surface area (Å²) in [5.74, 6) is -0.985. The number of hydrogen-bond donors (Lipinski definition) is 0. The van der Waals surface area contributed by atoms with E-state index >= 15 is 0 Å². The Hall–Kier alpha value is -1.67. The molecule has 0 aliphatic rings. The van der Waals surface area contributed by atoms with Crippen LogP contribution < -0.4 is 9.81 Å². The summed E-state index contributed by atoms with van der Waals surface area (Å²) in [6, 6.07) is 19.0. The van der Waals surface area contributed by atoms with E-state index in [0.29, 0.717) is 0 Å². The van der Waals surface area contributed by atoms with Crippen molar-refractivity contribution in [2.45, 2.75) is 0 Å². The van der Waals surface area contributed by atoms with E-state index in [0.717, 1.165) is 9.81 Å². The van der Waals surface area contributed by atoms with Crippen molar-refractivity contribution in [1.29, 1.82) is 0 Å². The van der Waals surface area contributed by atoms with Crippen molar-refractivity contribution in [3.05, 3.63) is 90.2 Å². The Morgan fingerprint density at radius 1 is 0.500 bits per heavy atom. The van der Waals surface area contributed by atoms with Crippen molar-refractivity contribution in [3.63, 3.8) is 0 Å². The van der Waals surface area contributed by atoms with Gasteiger partial charge >= 0.3 is 135 Å². The molecule has 0 unspecified atom stereocenters. The minimum atomic E-state index is -2.90. The second kappa shape index (κ2) is 6.62. The van der Waals surface area contributed by atoms with Crippen LogP contribution in [0.25, 0.3) is 0 Å². The molecule has 0 aromatic heterocycles. The quantitative estimate of drug-likeness (QED) is 0.492. The fourth-order valence-electron chi connectivity index (χ4n) is 2.29. The molecule has 0 atom stereocenters. The molecule has 0 aliphatic carbocycles. The number of hydrogen-bond acceptors (Lipinski definition) is 0. The van der Waals surface area contributed by atoms with Crippen LogP contribution in [0.5, 0.6) is 0 Å². The predicted octanol–water partition coefficient (Wildman–Crippen LogP) is 2.62. The van der Waals surface area contributed by atoms with Gasteiger partial charge in [-0.3, -0.25) is 0 Å². The molecule has 110 valence electrons. The van der Waals surface area contributed by atoms with E-state index in [1.54, 1.807) is 18.2 Å². The number of rotatable bonds is 3. The van der Waals surface area contributed by atoms with Gasteiger partial charge in [0.25, 0.3) is 0 Å². The van der Waals surface area contributed by atoms with E-state index in [1.165, 1.54) is 36.4 Å². The van der Waals surface area contributed by atoms with Crippen LogP contribution in [0.4, 0.5) is 13.2 Å². The first-order valence-corrected chi connectivity index (χ1v) is 11.9. The predicted molar refractivity (Wildman–Crippen MR) is 83.9 cm³/mol. The fraction of sp³-hybridized carbons (Fsp3) is 0. The zero-order valence-corrected chi connectivity index (χ0v) is 15.0. The van der Waals surface area contributed by atoms with Gasteiger partial charge in [-0.25, -0.2) is 0 Å². The van der Waals surface area contributed by atoms with Crippen LogP contribution in [0, 0.1) is 17.5 Å². The van der Waals surface area contributed by atoms with Gasteiger partial charge in [0.1, 0.15) is 0 Å². The van der Waals surface area contributed by atoms with Gasteiger partial charge in [-0.05, 0) is 0 Å². The molecule has 3 aromatic rings. The van der Waals surface area contributed by atoms with E-state index in [1.807, 2.05) is 18.2 Å². The van der Waals surface area contributed by atoms with Crippen LogP contribution in [0.3, 0.4) is 0 Å². The Kier molecular flexibility index (Phi) is 4.58. The molecule has 0 aliphatic heterocycles. The molecule has 0 radical (unpaired) electrons. The van der Waals surface area contributed by atoms with Crippen LogP contribution in [-0.2, 0) is 0 Å². The van der Waals surface area contributed by atoms with Gasteiger partial charge in [-0.15, -0.1) is 0 Å². The molecule has 0 bridgehead atoms. The SMILES string of the molecule is Fc1ccc[c]([Bi]([c]2cccc(F)c2)[c]2cccc(F)c2)c1. The third-order valence-electron chi connectivity index (χ3n) is 3.20. The second-order valence-electron chi connectivity index (χ2n) is 4.78. The minimum absolute atomic E-state index is 0.328.